The fourth-order valence-electron chi connectivity index (χ4n) is 3.70. The molecule has 31 heavy (non-hydrogen) atoms. The molecule has 162 valence electrons. The van der Waals surface area contributed by atoms with Gasteiger partial charge in [0.25, 0.3) is 5.91 Å². The maximum absolute atomic E-state index is 14.7. The predicted molar refractivity (Wildman–Crippen MR) is 115 cm³/mol. The summed E-state index contributed by atoms with van der Waals surface area (Å²) in [6.07, 6.45) is 0. The van der Waals surface area contributed by atoms with Crippen LogP contribution in [-0.2, 0) is 10.2 Å². The van der Waals surface area contributed by atoms with Crippen LogP contribution in [0, 0.1) is 5.82 Å². The van der Waals surface area contributed by atoms with Gasteiger partial charge < -0.3 is 9.80 Å². The number of rotatable bonds is 2. The minimum atomic E-state index is -0.392. The lowest BCUT2D eigenvalue weighted by Crippen LogP contribution is -2.50. The molecule has 1 saturated heterocycles. The summed E-state index contributed by atoms with van der Waals surface area (Å²) in [5.74, 6) is -0.625. The smallest absolute Gasteiger partial charge is 0.272 e. The lowest BCUT2D eigenvalue weighted by atomic mass is 9.93. The average Bonchev–Trinajstić information content (AvgIpc) is 3.18. The number of aromatic nitrogens is 3. The van der Waals surface area contributed by atoms with Crippen molar-refractivity contribution in [1.82, 2.24) is 24.4 Å². The summed E-state index contributed by atoms with van der Waals surface area (Å²) in [5.41, 5.74) is 2.14. The van der Waals surface area contributed by atoms with Crippen molar-refractivity contribution in [3.05, 3.63) is 53.6 Å². The van der Waals surface area contributed by atoms with Gasteiger partial charge in [-0.25, -0.2) is 13.9 Å². The van der Waals surface area contributed by atoms with Gasteiger partial charge in [0.05, 0.1) is 11.4 Å². The van der Waals surface area contributed by atoms with E-state index in [4.69, 9.17) is 0 Å². The Morgan fingerprint density at radius 3 is 2.26 bits per heavy atom. The molecule has 1 aromatic carbocycles. The second-order valence-corrected chi connectivity index (χ2v) is 8.85. The molecular weight excluding hydrogens is 397 g/mol. The Balaban J connectivity index is 1.79. The fourth-order valence-corrected chi connectivity index (χ4v) is 3.70. The molecule has 0 aliphatic carbocycles. The van der Waals surface area contributed by atoms with E-state index in [-0.39, 0.29) is 22.9 Å². The van der Waals surface area contributed by atoms with Gasteiger partial charge in [-0.3, -0.25) is 9.59 Å². The molecule has 2 aromatic heterocycles. The van der Waals surface area contributed by atoms with Gasteiger partial charge in [-0.15, -0.1) is 0 Å². The van der Waals surface area contributed by atoms with E-state index < -0.39 is 5.82 Å². The average molecular weight is 423 g/mol. The second-order valence-electron chi connectivity index (χ2n) is 8.85. The number of piperazine rings is 1. The third kappa shape index (κ3) is 4.02. The van der Waals surface area contributed by atoms with Crippen LogP contribution in [0.5, 0.6) is 0 Å². The Morgan fingerprint density at radius 1 is 1.00 bits per heavy atom. The van der Waals surface area contributed by atoms with E-state index in [1.807, 2.05) is 26.8 Å². The first kappa shape index (κ1) is 21.0. The van der Waals surface area contributed by atoms with Gasteiger partial charge in [0.2, 0.25) is 5.91 Å². The molecule has 1 fully saturated rings. The van der Waals surface area contributed by atoms with Gasteiger partial charge in [-0.2, -0.15) is 5.10 Å². The minimum Gasteiger partial charge on any atom is -0.339 e. The lowest BCUT2D eigenvalue weighted by Gasteiger charge is -2.34. The van der Waals surface area contributed by atoms with Gasteiger partial charge in [0.1, 0.15) is 11.5 Å². The summed E-state index contributed by atoms with van der Waals surface area (Å²) in [4.78, 5) is 32.8. The molecule has 3 aromatic rings. The van der Waals surface area contributed by atoms with Crippen molar-refractivity contribution in [2.75, 3.05) is 26.2 Å². The fraction of sp³-hybridized carbons (Fsp3) is 0.391. The molecule has 0 saturated carbocycles. The Kier molecular flexibility index (Phi) is 5.24. The van der Waals surface area contributed by atoms with Crippen molar-refractivity contribution in [3.8, 4) is 11.3 Å². The zero-order valence-electron chi connectivity index (χ0n) is 18.2. The van der Waals surface area contributed by atoms with E-state index in [9.17, 15) is 14.0 Å². The molecule has 4 rings (SSSR count). The third-order valence-corrected chi connectivity index (χ3v) is 5.58. The number of halogens is 1. The number of hydrogen-bond acceptors (Lipinski definition) is 4. The highest BCUT2D eigenvalue weighted by Gasteiger charge is 2.27. The first-order chi connectivity index (χ1) is 14.6. The SMILES string of the molecule is CC(=O)N1CCN(C(=O)c2cc(-c3ccccc3F)n3nc(C(C)(C)C)cc3n2)CC1. The Bertz CT molecular complexity index is 1160. The van der Waals surface area contributed by atoms with E-state index in [0.717, 1.165) is 5.69 Å². The molecule has 0 atom stereocenters. The zero-order chi connectivity index (χ0) is 22.3. The molecule has 0 unspecified atom stereocenters. The van der Waals surface area contributed by atoms with Crippen molar-refractivity contribution in [1.29, 1.82) is 0 Å². The normalized spacial score (nSPS) is 14.9. The largest absolute Gasteiger partial charge is 0.339 e. The quantitative estimate of drug-likeness (QED) is 0.635. The van der Waals surface area contributed by atoms with Gasteiger partial charge in [0, 0.05) is 50.1 Å². The summed E-state index contributed by atoms with van der Waals surface area (Å²) < 4.78 is 16.3. The van der Waals surface area contributed by atoms with Crippen molar-refractivity contribution >= 4 is 17.5 Å². The Hall–Kier alpha value is -3.29. The number of fused-ring (bicyclic) bond motifs is 1. The minimum absolute atomic E-state index is 0.00227. The number of benzene rings is 1. The third-order valence-electron chi connectivity index (χ3n) is 5.58. The number of amides is 2. The van der Waals surface area contributed by atoms with Crippen LogP contribution in [0.15, 0.2) is 36.4 Å². The number of carbonyl (C=O) groups is 2. The predicted octanol–water partition coefficient (Wildman–Crippen LogP) is 3.14. The lowest BCUT2D eigenvalue weighted by molar-refractivity contribution is -0.130. The van der Waals surface area contributed by atoms with Crippen LogP contribution in [0.2, 0.25) is 0 Å². The monoisotopic (exact) mass is 423 g/mol. The summed E-state index contributed by atoms with van der Waals surface area (Å²) in [7, 11) is 0. The van der Waals surface area contributed by atoms with Crippen LogP contribution in [-0.4, -0.2) is 62.4 Å². The van der Waals surface area contributed by atoms with E-state index >= 15 is 0 Å². The van der Waals surface area contributed by atoms with Crippen molar-refractivity contribution < 1.29 is 14.0 Å². The molecule has 1 aliphatic heterocycles. The maximum atomic E-state index is 14.7. The topological polar surface area (TPSA) is 70.8 Å². The zero-order valence-corrected chi connectivity index (χ0v) is 18.2. The van der Waals surface area contributed by atoms with Crippen LogP contribution in [0.1, 0.15) is 43.9 Å². The molecular formula is C23H26FN5O2. The molecule has 7 nitrogen and oxygen atoms in total. The molecule has 0 spiro atoms. The van der Waals surface area contributed by atoms with E-state index in [1.54, 1.807) is 38.6 Å². The molecule has 2 amide bonds. The second kappa shape index (κ2) is 7.76. The Labute approximate surface area is 180 Å². The van der Waals surface area contributed by atoms with Gasteiger partial charge in [-0.05, 0) is 18.2 Å². The summed E-state index contributed by atoms with van der Waals surface area (Å²) in [6.45, 7) is 9.50. The number of carbonyl (C=O) groups excluding carboxylic acids is 2. The summed E-state index contributed by atoms with van der Waals surface area (Å²) in [5, 5.41) is 4.66. The molecule has 3 heterocycles. The summed E-state index contributed by atoms with van der Waals surface area (Å²) in [6, 6.07) is 9.88. The van der Waals surface area contributed by atoms with Crippen LogP contribution >= 0.6 is 0 Å². The van der Waals surface area contributed by atoms with Crippen LogP contribution in [0.3, 0.4) is 0 Å². The highest BCUT2D eigenvalue weighted by molar-refractivity contribution is 5.94. The van der Waals surface area contributed by atoms with E-state index in [1.165, 1.54) is 13.0 Å². The molecule has 0 radical (unpaired) electrons. The van der Waals surface area contributed by atoms with Gasteiger partial charge in [-0.1, -0.05) is 32.9 Å². The van der Waals surface area contributed by atoms with Gasteiger partial charge in [0.15, 0.2) is 5.65 Å². The molecule has 0 N–H and O–H groups in total. The van der Waals surface area contributed by atoms with E-state index in [0.29, 0.717) is 43.1 Å². The molecule has 8 heteroatoms. The van der Waals surface area contributed by atoms with Crippen LogP contribution < -0.4 is 0 Å². The standard InChI is InChI=1S/C23H26FN5O2/c1-15(30)27-9-11-28(12-10-27)22(31)18-13-19(16-7-5-6-8-17(16)24)29-21(25-18)14-20(26-29)23(2,3)4/h5-8,13-14H,9-12H2,1-4H3. The molecule has 0 bridgehead atoms. The highest BCUT2D eigenvalue weighted by Crippen LogP contribution is 2.28. The Morgan fingerprint density at radius 2 is 1.65 bits per heavy atom. The van der Waals surface area contributed by atoms with Gasteiger partial charge >= 0.3 is 0 Å². The first-order valence-corrected chi connectivity index (χ1v) is 10.4. The molecule has 1 aliphatic rings. The highest BCUT2D eigenvalue weighted by atomic mass is 19.1. The summed E-state index contributed by atoms with van der Waals surface area (Å²) >= 11 is 0. The number of nitrogens with zero attached hydrogens (tertiary/aromatic N) is 5. The number of hydrogen-bond donors (Lipinski definition) is 0. The van der Waals surface area contributed by atoms with Crippen molar-refractivity contribution in [2.24, 2.45) is 0 Å². The van der Waals surface area contributed by atoms with Crippen LogP contribution in [0.4, 0.5) is 4.39 Å². The van der Waals surface area contributed by atoms with Crippen LogP contribution in [0.25, 0.3) is 16.9 Å². The van der Waals surface area contributed by atoms with Crippen molar-refractivity contribution in [2.45, 2.75) is 33.1 Å². The van der Waals surface area contributed by atoms with Crippen molar-refractivity contribution in [3.63, 3.8) is 0 Å². The first-order valence-electron chi connectivity index (χ1n) is 10.4. The van der Waals surface area contributed by atoms with E-state index in [2.05, 4.69) is 10.1 Å². The maximum Gasteiger partial charge on any atom is 0.272 e.